The highest BCUT2D eigenvalue weighted by atomic mass is 19.4. The standard InChI is InChI=1S/C32H35F4N7O3/c1-41(2)13-14-46-26-17-24(16-25(18-26)45-3)43(31(44)32(34,35)36)20-21-8-11-42(12-9-21)30-27(33)19-37-29(39-30)23-6-4-5-22(15-23)28-7-10-38-40-28/h4-7,10,15-19,21H,8-9,11-14,20H2,1-3H3,(H,38,40). The van der Waals surface area contributed by atoms with Crippen LogP contribution in [0.4, 0.5) is 29.1 Å². The quantitative estimate of drug-likeness (QED) is 0.217. The van der Waals surface area contributed by atoms with Crippen molar-refractivity contribution < 1.29 is 31.8 Å². The van der Waals surface area contributed by atoms with Crippen molar-refractivity contribution in [2.45, 2.75) is 19.0 Å². The fraction of sp³-hybridized carbons (Fsp3) is 0.375. The first kappa shape index (κ1) is 32.7. The van der Waals surface area contributed by atoms with E-state index in [0.717, 1.165) is 22.4 Å². The van der Waals surface area contributed by atoms with Gasteiger partial charge in [0.05, 0.1) is 24.7 Å². The fourth-order valence-corrected chi connectivity index (χ4v) is 5.27. The van der Waals surface area contributed by atoms with Crippen LogP contribution in [0.2, 0.25) is 0 Å². The predicted molar refractivity (Wildman–Crippen MR) is 165 cm³/mol. The van der Waals surface area contributed by atoms with Gasteiger partial charge in [0.2, 0.25) is 0 Å². The normalized spacial score (nSPS) is 14.0. The third kappa shape index (κ3) is 7.91. The lowest BCUT2D eigenvalue weighted by Crippen LogP contribution is -2.46. The molecule has 3 heterocycles. The highest BCUT2D eigenvalue weighted by molar-refractivity contribution is 5.97. The van der Waals surface area contributed by atoms with Crippen LogP contribution in [0, 0.1) is 11.7 Å². The molecule has 1 amide bonds. The van der Waals surface area contributed by atoms with Crippen molar-refractivity contribution in [2.24, 2.45) is 5.92 Å². The Hall–Kier alpha value is -4.72. The van der Waals surface area contributed by atoms with Crippen LogP contribution in [-0.4, -0.2) is 91.1 Å². The van der Waals surface area contributed by atoms with Gasteiger partial charge in [-0.2, -0.15) is 18.3 Å². The molecular formula is C32H35F4N7O3. The van der Waals surface area contributed by atoms with Crippen molar-refractivity contribution in [1.29, 1.82) is 0 Å². The highest BCUT2D eigenvalue weighted by Crippen LogP contribution is 2.34. The lowest BCUT2D eigenvalue weighted by molar-refractivity contribution is -0.170. The first-order valence-electron chi connectivity index (χ1n) is 14.7. The first-order chi connectivity index (χ1) is 22.0. The molecule has 10 nitrogen and oxygen atoms in total. The number of carbonyl (C=O) groups is 1. The predicted octanol–water partition coefficient (Wildman–Crippen LogP) is 5.43. The molecule has 0 aliphatic carbocycles. The van der Waals surface area contributed by atoms with Crippen molar-refractivity contribution in [3.63, 3.8) is 0 Å². The number of H-pyrrole nitrogens is 1. The van der Waals surface area contributed by atoms with E-state index in [9.17, 15) is 22.4 Å². The SMILES string of the molecule is COc1cc(OCCN(C)C)cc(N(CC2CCN(c3nc(-c4cccc(-c5ccn[nH]5)c4)ncc3F)CC2)C(=O)C(F)(F)F)c1. The van der Waals surface area contributed by atoms with E-state index in [2.05, 4.69) is 20.2 Å². The van der Waals surface area contributed by atoms with E-state index in [0.29, 0.717) is 50.5 Å². The molecule has 244 valence electrons. The zero-order valence-corrected chi connectivity index (χ0v) is 25.7. The maximum Gasteiger partial charge on any atom is 0.471 e. The number of aromatic nitrogens is 4. The average Bonchev–Trinajstić information content (AvgIpc) is 3.59. The van der Waals surface area contributed by atoms with Crippen molar-refractivity contribution in [1.82, 2.24) is 25.1 Å². The van der Waals surface area contributed by atoms with Crippen LogP contribution in [0.15, 0.2) is 60.9 Å². The molecule has 2 aromatic heterocycles. The van der Waals surface area contributed by atoms with E-state index < -0.39 is 17.9 Å². The van der Waals surface area contributed by atoms with E-state index in [4.69, 9.17) is 9.47 Å². The molecule has 4 aromatic rings. The summed E-state index contributed by atoms with van der Waals surface area (Å²) < 4.78 is 67.4. The van der Waals surface area contributed by atoms with E-state index in [1.807, 2.05) is 49.3 Å². The van der Waals surface area contributed by atoms with Gasteiger partial charge < -0.3 is 24.2 Å². The van der Waals surface area contributed by atoms with Gasteiger partial charge in [-0.15, -0.1) is 0 Å². The Morgan fingerprint density at radius 1 is 1.07 bits per heavy atom. The second kappa shape index (κ2) is 14.1. The first-order valence-corrected chi connectivity index (χ1v) is 14.7. The molecule has 5 rings (SSSR count). The van der Waals surface area contributed by atoms with E-state index in [1.165, 1.54) is 19.2 Å². The monoisotopic (exact) mass is 641 g/mol. The molecule has 1 saturated heterocycles. The Morgan fingerprint density at radius 2 is 1.80 bits per heavy atom. The number of amides is 1. The molecule has 1 aliphatic rings. The highest BCUT2D eigenvalue weighted by Gasteiger charge is 2.44. The number of benzene rings is 2. The van der Waals surface area contributed by atoms with Gasteiger partial charge in [-0.3, -0.25) is 9.89 Å². The molecule has 2 aromatic carbocycles. The van der Waals surface area contributed by atoms with Crippen molar-refractivity contribution in [2.75, 3.05) is 63.8 Å². The number of halogens is 4. The summed E-state index contributed by atoms with van der Waals surface area (Å²) in [4.78, 5) is 25.8. The number of hydrogen-bond acceptors (Lipinski definition) is 8. The molecule has 46 heavy (non-hydrogen) atoms. The molecule has 0 atom stereocenters. The van der Waals surface area contributed by atoms with Gasteiger partial charge in [-0.1, -0.05) is 18.2 Å². The number of hydrogen-bond donors (Lipinski definition) is 1. The van der Waals surface area contributed by atoms with Crippen molar-refractivity contribution >= 4 is 17.4 Å². The molecule has 0 radical (unpaired) electrons. The second-order valence-corrected chi connectivity index (χ2v) is 11.3. The maximum atomic E-state index is 15.0. The van der Waals surface area contributed by atoms with Gasteiger partial charge in [0.15, 0.2) is 17.5 Å². The average molecular weight is 642 g/mol. The third-order valence-electron chi connectivity index (χ3n) is 7.72. The van der Waals surface area contributed by atoms with Crippen LogP contribution in [-0.2, 0) is 4.79 Å². The summed E-state index contributed by atoms with van der Waals surface area (Å²) in [5.41, 5.74) is 2.39. The number of rotatable bonds is 11. The molecule has 1 N–H and O–H groups in total. The smallest absolute Gasteiger partial charge is 0.471 e. The number of ether oxygens (including phenoxy) is 2. The summed E-state index contributed by atoms with van der Waals surface area (Å²) >= 11 is 0. The summed E-state index contributed by atoms with van der Waals surface area (Å²) in [6.07, 6.45) is -1.51. The number of anilines is 2. The lowest BCUT2D eigenvalue weighted by Gasteiger charge is -2.36. The van der Waals surface area contributed by atoms with Crippen LogP contribution >= 0.6 is 0 Å². The fourth-order valence-electron chi connectivity index (χ4n) is 5.27. The Morgan fingerprint density at radius 3 is 2.48 bits per heavy atom. The molecule has 0 spiro atoms. The number of likely N-dealkylation sites (N-methyl/N-ethyl adjacent to an activating group) is 1. The van der Waals surface area contributed by atoms with E-state index in [-0.39, 0.29) is 35.5 Å². The number of methoxy groups -OCH3 is 1. The molecule has 1 fully saturated rings. The zero-order valence-electron chi connectivity index (χ0n) is 25.7. The number of alkyl halides is 3. The van der Waals surface area contributed by atoms with Gasteiger partial charge in [0.25, 0.3) is 0 Å². The number of nitrogens with zero attached hydrogens (tertiary/aromatic N) is 6. The molecular weight excluding hydrogens is 606 g/mol. The second-order valence-electron chi connectivity index (χ2n) is 11.3. The number of aromatic amines is 1. The van der Waals surface area contributed by atoms with Crippen molar-refractivity contribution in [3.8, 4) is 34.1 Å². The van der Waals surface area contributed by atoms with Gasteiger partial charge in [0, 0.05) is 61.7 Å². The maximum absolute atomic E-state index is 15.0. The Bertz CT molecular complexity index is 1620. The summed E-state index contributed by atoms with van der Waals surface area (Å²) in [5.74, 6) is -1.87. The molecule has 0 saturated carbocycles. The van der Waals surface area contributed by atoms with E-state index in [1.54, 1.807) is 17.2 Å². The van der Waals surface area contributed by atoms with Crippen LogP contribution in [0.3, 0.4) is 0 Å². The number of carbonyl (C=O) groups excluding carboxylic acids is 1. The molecule has 1 aliphatic heterocycles. The zero-order chi connectivity index (χ0) is 32.8. The summed E-state index contributed by atoms with van der Waals surface area (Å²) in [6.45, 7) is 1.35. The summed E-state index contributed by atoms with van der Waals surface area (Å²) in [7, 11) is 5.13. The summed E-state index contributed by atoms with van der Waals surface area (Å²) in [6, 6.07) is 13.6. The molecule has 0 unspecified atom stereocenters. The summed E-state index contributed by atoms with van der Waals surface area (Å²) in [5, 5.41) is 6.88. The van der Waals surface area contributed by atoms with Gasteiger partial charge in [0.1, 0.15) is 18.1 Å². The number of nitrogens with one attached hydrogen (secondary N) is 1. The van der Waals surface area contributed by atoms with E-state index >= 15 is 0 Å². The van der Waals surface area contributed by atoms with Crippen LogP contribution in [0.25, 0.3) is 22.6 Å². The van der Waals surface area contributed by atoms with Gasteiger partial charge in [-0.25, -0.2) is 14.4 Å². The van der Waals surface area contributed by atoms with Crippen LogP contribution in [0.1, 0.15) is 12.8 Å². The Kier molecular flexibility index (Phi) is 10.0. The Balaban J connectivity index is 1.32. The minimum absolute atomic E-state index is 0.0211. The minimum atomic E-state index is -5.09. The third-order valence-corrected chi connectivity index (χ3v) is 7.72. The minimum Gasteiger partial charge on any atom is -0.497 e. The molecule has 0 bridgehead atoms. The van der Waals surface area contributed by atoms with Gasteiger partial charge >= 0.3 is 12.1 Å². The lowest BCUT2D eigenvalue weighted by atomic mass is 9.95. The largest absolute Gasteiger partial charge is 0.497 e. The topological polar surface area (TPSA) is 99.7 Å². The van der Waals surface area contributed by atoms with Crippen LogP contribution in [0.5, 0.6) is 11.5 Å². The number of piperidine rings is 1. The van der Waals surface area contributed by atoms with Gasteiger partial charge in [-0.05, 0) is 45.0 Å². The van der Waals surface area contributed by atoms with Crippen molar-refractivity contribution in [3.05, 3.63) is 66.7 Å². The van der Waals surface area contributed by atoms with Crippen LogP contribution < -0.4 is 19.3 Å². The molecule has 14 heteroatoms. The Labute approximate surface area is 264 Å².